The van der Waals surface area contributed by atoms with Crippen LogP contribution in [-0.2, 0) is 17.7 Å². The first-order valence-corrected chi connectivity index (χ1v) is 6.03. The molecule has 0 saturated heterocycles. The first-order chi connectivity index (χ1) is 7.44. The first kappa shape index (κ1) is 11.9. The minimum Gasteiger partial charge on any atom is -0.296 e. The highest BCUT2D eigenvalue weighted by Gasteiger charge is 2.23. The molecule has 0 amide bonds. The standard InChI is InChI=1S/C13H18ClNO/c1-13(2,3)16-15-12-7-9-4-5-11(14)6-10(9)8-12/h4-6,12,15H,7-8H2,1-3H3. The molecule has 2 rings (SSSR count). The van der Waals surface area contributed by atoms with E-state index in [0.717, 1.165) is 17.9 Å². The summed E-state index contributed by atoms with van der Waals surface area (Å²) in [5.74, 6) is 0. The van der Waals surface area contributed by atoms with Crippen LogP contribution in [0.15, 0.2) is 18.2 Å². The number of fused-ring (bicyclic) bond motifs is 1. The van der Waals surface area contributed by atoms with E-state index in [1.165, 1.54) is 11.1 Å². The van der Waals surface area contributed by atoms with Gasteiger partial charge in [0.25, 0.3) is 0 Å². The van der Waals surface area contributed by atoms with Crippen LogP contribution in [0.2, 0.25) is 5.02 Å². The van der Waals surface area contributed by atoms with Gasteiger partial charge in [-0.05, 0) is 56.9 Å². The number of hydroxylamine groups is 1. The van der Waals surface area contributed by atoms with Crippen LogP contribution in [0, 0.1) is 0 Å². The fraction of sp³-hybridized carbons (Fsp3) is 0.538. The maximum Gasteiger partial charge on any atom is 0.0813 e. The van der Waals surface area contributed by atoms with Crippen LogP contribution >= 0.6 is 11.6 Å². The fourth-order valence-corrected chi connectivity index (χ4v) is 2.12. The molecule has 1 unspecified atom stereocenters. The molecule has 3 heteroatoms. The Balaban J connectivity index is 1.95. The Labute approximate surface area is 102 Å². The van der Waals surface area contributed by atoms with Gasteiger partial charge in [-0.3, -0.25) is 4.84 Å². The van der Waals surface area contributed by atoms with Crippen LogP contribution in [-0.4, -0.2) is 11.6 Å². The summed E-state index contributed by atoms with van der Waals surface area (Å²) in [5.41, 5.74) is 5.71. The van der Waals surface area contributed by atoms with Crippen molar-refractivity contribution in [2.45, 2.75) is 45.3 Å². The summed E-state index contributed by atoms with van der Waals surface area (Å²) in [6.07, 6.45) is 2.01. The Morgan fingerprint density at radius 1 is 1.25 bits per heavy atom. The van der Waals surface area contributed by atoms with Crippen molar-refractivity contribution < 1.29 is 4.84 Å². The molecule has 0 radical (unpaired) electrons. The molecule has 1 aliphatic rings. The number of nitrogens with one attached hydrogen (secondary N) is 1. The van der Waals surface area contributed by atoms with Crippen molar-refractivity contribution in [2.24, 2.45) is 0 Å². The molecule has 1 aromatic carbocycles. The van der Waals surface area contributed by atoms with E-state index in [9.17, 15) is 0 Å². The van der Waals surface area contributed by atoms with Gasteiger partial charge in [0, 0.05) is 11.1 Å². The van der Waals surface area contributed by atoms with Crippen molar-refractivity contribution in [1.82, 2.24) is 5.48 Å². The molecule has 0 aliphatic heterocycles. The largest absolute Gasteiger partial charge is 0.296 e. The molecule has 1 N–H and O–H groups in total. The van der Waals surface area contributed by atoms with Crippen molar-refractivity contribution in [3.05, 3.63) is 34.3 Å². The lowest BCUT2D eigenvalue weighted by Gasteiger charge is -2.22. The van der Waals surface area contributed by atoms with E-state index in [1.807, 2.05) is 26.8 Å². The molecule has 0 aromatic heterocycles. The monoisotopic (exact) mass is 239 g/mol. The maximum absolute atomic E-state index is 5.97. The van der Waals surface area contributed by atoms with Gasteiger partial charge in [0.15, 0.2) is 0 Å². The zero-order valence-corrected chi connectivity index (χ0v) is 10.8. The second kappa shape index (κ2) is 4.36. The smallest absolute Gasteiger partial charge is 0.0813 e. The van der Waals surface area contributed by atoms with Gasteiger partial charge in [-0.2, -0.15) is 5.48 Å². The predicted octanol–water partition coefficient (Wildman–Crippen LogP) is 3.13. The highest BCUT2D eigenvalue weighted by molar-refractivity contribution is 6.30. The van der Waals surface area contributed by atoms with E-state index in [0.29, 0.717) is 6.04 Å². The van der Waals surface area contributed by atoms with Crippen molar-refractivity contribution in [1.29, 1.82) is 0 Å². The van der Waals surface area contributed by atoms with E-state index < -0.39 is 0 Å². The minimum atomic E-state index is -0.146. The molecule has 0 heterocycles. The normalized spacial score (nSPS) is 19.9. The molecule has 0 fully saturated rings. The van der Waals surface area contributed by atoms with Crippen LogP contribution < -0.4 is 5.48 Å². The number of hydrogen-bond donors (Lipinski definition) is 1. The lowest BCUT2D eigenvalue weighted by Crippen LogP contribution is -2.37. The summed E-state index contributed by atoms with van der Waals surface area (Å²) in [5, 5.41) is 0.816. The van der Waals surface area contributed by atoms with Crippen LogP contribution in [0.3, 0.4) is 0 Å². The van der Waals surface area contributed by atoms with Gasteiger partial charge >= 0.3 is 0 Å². The van der Waals surface area contributed by atoms with Gasteiger partial charge in [0.1, 0.15) is 0 Å². The molecular formula is C13H18ClNO. The highest BCUT2D eigenvalue weighted by Crippen LogP contribution is 2.25. The van der Waals surface area contributed by atoms with E-state index in [1.54, 1.807) is 0 Å². The summed E-state index contributed by atoms with van der Waals surface area (Å²) in [4.78, 5) is 5.59. The third kappa shape index (κ3) is 2.97. The topological polar surface area (TPSA) is 21.3 Å². The summed E-state index contributed by atoms with van der Waals surface area (Å²) >= 11 is 5.97. The molecule has 2 nitrogen and oxygen atoms in total. The third-order valence-corrected chi connectivity index (χ3v) is 2.87. The van der Waals surface area contributed by atoms with Crippen molar-refractivity contribution >= 4 is 11.6 Å². The molecule has 1 aliphatic carbocycles. The van der Waals surface area contributed by atoms with Gasteiger partial charge < -0.3 is 0 Å². The predicted molar refractivity (Wildman–Crippen MR) is 66.6 cm³/mol. The van der Waals surface area contributed by atoms with Gasteiger partial charge in [-0.1, -0.05) is 17.7 Å². The highest BCUT2D eigenvalue weighted by atomic mass is 35.5. The van der Waals surface area contributed by atoms with Crippen LogP contribution in [0.25, 0.3) is 0 Å². The Morgan fingerprint density at radius 3 is 2.62 bits per heavy atom. The van der Waals surface area contributed by atoms with Crippen LogP contribution in [0.4, 0.5) is 0 Å². The lowest BCUT2D eigenvalue weighted by molar-refractivity contribution is -0.0869. The summed E-state index contributed by atoms with van der Waals surface area (Å²) in [7, 11) is 0. The fourth-order valence-electron chi connectivity index (χ4n) is 1.93. The number of benzene rings is 1. The third-order valence-electron chi connectivity index (χ3n) is 2.63. The summed E-state index contributed by atoms with van der Waals surface area (Å²) in [6.45, 7) is 6.12. The molecule has 1 atom stereocenters. The van der Waals surface area contributed by atoms with Gasteiger partial charge in [0.2, 0.25) is 0 Å². The molecule has 0 bridgehead atoms. The summed E-state index contributed by atoms with van der Waals surface area (Å²) < 4.78 is 0. The lowest BCUT2D eigenvalue weighted by atomic mass is 10.1. The van der Waals surface area contributed by atoms with E-state index in [4.69, 9.17) is 16.4 Å². The first-order valence-electron chi connectivity index (χ1n) is 5.65. The van der Waals surface area contributed by atoms with Crippen molar-refractivity contribution in [3.63, 3.8) is 0 Å². The Morgan fingerprint density at radius 2 is 1.94 bits per heavy atom. The Bertz CT molecular complexity index is 384. The molecule has 1 aromatic rings. The quantitative estimate of drug-likeness (QED) is 0.801. The summed E-state index contributed by atoms with van der Waals surface area (Å²) in [6, 6.07) is 6.48. The van der Waals surface area contributed by atoms with E-state index in [2.05, 4.69) is 17.6 Å². The van der Waals surface area contributed by atoms with Crippen molar-refractivity contribution in [3.8, 4) is 0 Å². The van der Waals surface area contributed by atoms with Gasteiger partial charge in [-0.25, -0.2) is 0 Å². The van der Waals surface area contributed by atoms with Gasteiger partial charge in [0.05, 0.1) is 5.60 Å². The Hall–Kier alpha value is -0.570. The number of hydrogen-bond acceptors (Lipinski definition) is 2. The Kier molecular flexibility index (Phi) is 3.24. The SMILES string of the molecule is CC(C)(C)ONC1Cc2ccc(Cl)cc2C1. The minimum absolute atomic E-state index is 0.146. The molecule has 0 saturated carbocycles. The average molecular weight is 240 g/mol. The second-order valence-electron chi connectivity index (χ2n) is 5.35. The molecule has 16 heavy (non-hydrogen) atoms. The van der Waals surface area contributed by atoms with Crippen LogP contribution in [0.1, 0.15) is 31.9 Å². The number of rotatable bonds is 2. The zero-order valence-electron chi connectivity index (χ0n) is 10.0. The second-order valence-corrected chi connectivity index (χ2v) is 5.79. The molecular weight excluding hydrogens is 222 g/mol. The van der Waals surface area contributed by atoms with Crippen molar-refractivity contribution in [2.75, 3.05) is 0 Å². The van der Waals surface area contributed by atoms with Gasteiger partial charge in [-0.15, -0.1) is 0 Å². The van der Waals surface area contributed by atoms with E-state index in [-0.39, 0.29) is 5.60 Å². The molecule has 88 valence electrons. The molecule has 0 spiro atoms. The zero-order chi connectivity index (χ0) is 11.8. The average Bonchev–Trinajstić information content (AvgIpc) is 2.55. The van der Waals surface area contributed by atoms with E-state index >= 15 is 0 Å². The van der Waals surface area contributed by atoms with Crippen LogP contribution in [0.5, 0.6) is 0 Å². The maximum atomic E-state index is 5.97. The number of halogens is 1.